The van der Waals surface area contributed by atoms with Gasteiger partial charge in [0.15, 0.2) is 0 Å². The maximum Gasteiger partial charge on any atom is -0.00597 e. The Bertz CT molecular complexity index is 150. The van der Waals surface area contributed by atoms with Gasteiger partial charge in [0, 0.05) is 0 Å². The van der Waals surface area contributed by atoms with Crippen LogP contribution in [-0.4, -0.2) is 0 Å². The van der Waals surface area contributed by atoms with Crippen molar-refractivity contribution in [3.05, 3.63) is 22.2 Å². The summed E-state index contributed by atoms with van der Waals surface area (Å²) in [7, 11) is 0. The Morgan fingerprint density at radius 2 is 1.70 bits per heavy atom. The second-order valence-corrected chi connectivity index (χ2v) is 3.82. The largest absolute Gasteiger partial charge is 0.100 e. The Labute approximate surface area is 72.1 Å². The molecule has 1 heteroatoms. The number of hydrogen-bond donors (Lipinski definition) is 0. The monoisotopic (exact) mass is 202 g/mol. The third kappa shape index (κ3) is 4.80. The molecular weight excluding hydrogens is 188 g/mol. The van der Waals surface area contributed by atoms with Crippen molar-refractivity contribution in [3.63, 3.8) is 0 Å². The molecule has 0 atom stereocenters. The highest BCUT2D eigenvalue weighted by Crippen LogP contribution is 2.19. The summed E-state index contributed by atoms with van der Waals surface area (Å²) >= 11 is 3.51. The van der Waals surface area contributed by atoms with Crippen LogP contribution >= 0.6 is 15.9 Å². The van der Waals surface area contributed by atoms with Gasteiger partial charge in [-0.25, -0.2) is 0 Å². The molecule has 0 spiro atoms. The van der Waals surface area contributed by atoms with Crippen molar-refractivity contribution in [1.82, 2.24) is 0 Å². The van der Waals surface area contributed by atoms with E-state index in [0.29, 0.717) is 0 Å². The van der Waals surface area contributed by atoms with E-state index in [9.17, 15) is 0 Å². The lowest BCUT2D eigenvalue weighted by atomic mass is 10.1. The van der Waals surface area contributed by atoms with E-state index in [2.05, 4.69) is 43.3 Å². The van der Waals surface area contributed by atoms with Gasteiger partial charge in [-0.3, -0.25) is 0 Å². The highest BCUT2D eigenvalue weighted by Gasteiger charge is 1.93. The first kappa shape index (κ1) is 9.96. The van der Waals surface area contributed by atoms with Gasteiger partial charge < -0.3 is 0 Å². The molecule has 0 aromatic rings. The molecule has 0 saturated heterocycles. The molecule has 0 nitrogen and oxygen atoms in total. The molecule has 0 radical (unpaired) electrons. The van der Waals surface area contributed by atoms with E-state index in [4.69, 9.17) is 0 Å². The van der Waals surface area contributed by atoms with E-state index in [0.717, 1.165) is 12.8 Å². The molecule has 0 saturated carbocycles. The highest BCUT2D eigenvalue weighted by atomic mass is 79.9. The molecule has 0 aromatic heterocycles. The molecule has 0 rings (SSSR count). The number of rotatable bonds is 3. The molecule has 0 heterocycles. The number of halogens is 1. The van der Waals surface area contributed by atoms with Crippen LogP contribution < -0.4 is 0 Å². The molecule has 58 valence electrons. The summed E-state index contributed by atoms with van der Waals surface area (Å²) in [5.74, 6) is 0. The standard InChI is InChI=1S/C9H15Br/c1-7(2)5-6-9(10)8(3)4/h1,5-6H2,2-4H3. The summed E-state index contributed by atoms with van der Waals surface area (Å²) in [6.45, 7) is 10.1. The van der Waals surface area contributed by atoms with Crippen LogP contribution in [0.1, 0.15) is 33.6 Å². The molecule has 0 bridgehead atoms. The van der Waals surface area contributed by atoms with Crippen molar-refractivity contribution < 1.29 is 0 Å². The van der Waals surface area contributed by atoms with Gasteiger partial charge in [-0.2, -0.15) is 0 Å². The minimum atomic E-state index is 1.09. The molecule has 10 heavy (non-hydrogen) atoms. The lowest BCUT2D eigenvalue weighted by Gasteiger charge is -2.00. The Hall–Kier alpha value is -0.0400. The van der Waals surface area contributed by atoms with Gasteiger partial charge in [0.1, 0.15) is 0 Å². The lowest BCUT2D eigenvalue weighted by molar-refractivity contribution is 0.963. The molecule has 0 aromatic carbocycles. The summed E-state index contributed by atoms with van der Waals surface area (Å²) < 4.78 is 1.32. The predicted molar refractivity (Wildman–Crippen MR) is 51.3 cm³/mol. The summed E-state index contributed by atoms with van der Waals surface area (Å²) in [6, 6.07) is 0. The van der Waals surface area contributed by atoms with Crippen LogP contribution in [0.5, 0.6) is 0 Å². The van der Waals surface area contributed by atoms with Crippen molar-refractivity contribution in [2.75, 3.05) is 0 Å². The van der Waals surface area contributed by atoms with E-state index in [1.807, 2.05) is 0 Å². The molecule has 0 amide bonds. The van der Waals surface area contributed by atoms with Crippen LogP contribution in [0, 0.1) is 0 Å². The van der Waals surface area contributed by atoms with Gasteiger partial charge in [0.05, 0.1) is 0 Å². The normalized spacial score (nSPS) is 9.20. The second-order valence-electron chi connectivity index (χ2n) is 2.86. The van der Waals surface area contributed by atoms with Crippen LogP contribution in [0.4, 0.5) is 0 Å². The van der Waals surface area contributed by atoms with Gasteiger partial charge in [-0.05, 0) is 38.1 Å². The van der Waals surface area contributed by atoms with E-state index in [-0.39, 0.29) is 0 Å². The zero-order valence-electron chi connectivity index (χ0n) is 7.00. The van der Waals surface area contributed by atoms with E-state index in [1.165, 1.54) is 15.6 Å². The Kier molecular flexibility index (Phi) is 4.71. The third-order valence-electron chi connectivity index (χ3n) is 1.31. The quantitative estimate of drug-likeness (QED) is 0.607. The van der Waals surface area contributed by atoms with Crippen molar-refractivity contribution >= 4 is 15.9 Å². The molecule has 0 unspecified atom stereocenters. The fourth-order valence-electron chi connectivity index (χ4n) is 0.573. The molecular formula is C9H15Br. The summed E-state index contributed by atoms with van der Waals surface area (Å²) in [5, 5.41) is 0. The minimum Gasteiger partial charge on any atom is -0.100 e. The topological polar surface area (TPSA) is 0 Å². The molecule has 0 aliphatic rings. The van der Waals surface area contributed by atoms with Crippen LogP contribution in [0.25, 0.3) is 0 Å². The smallest absolute Gasteiger partial charge is 0.00597 e. The van der Waals surface area contributed by atoms with Crippen molar-refractivity contribution in [1.29, 1.82) is 0 Å². The first-order chi connectivity index (χ1) is 4.54. The molecule has 0 N–H and O–H groups in total. The van der Waals surface area contributed by atoms with Crippen LogP contribution in [-0.2, 0) is 0 Å². The second kappa shape index (κ2) is 4.73. The third-order valence-corrected chi connectivity index (χ3v) is 2.50. The molecule has 0 fully saturated rings. The van der Waals surface area contributed by atoms with E-state index < -0.39 is 0 Å². The zero-order chi connectivity index (χ0) is 8.15. The van der Waals surface area contributed by atoms with Gasteiger partial charge in [-0.1, -0.05) is 27.1 Å². The number of hydrogen-bond acceptors (Lipinski definition) is 0. The van der Waals surface area contributed by atoms with Gasteiger partial charge in [0.2, 0.25) is 0 Å². The Morgan fingerprint density at radius 1 is 1.20 bits per heavy atom. The number of allylic oxidation sites excluding steroid dienone is 3. The predicted octanol–water partition coefficient (Wildman–Crippen LogP) is 4.03. The highest BCUT2D eigenvalue weighted by molar-refractivity contribution is 9.11. The van der Waals surface area contributed by atoms with Crippen LogP contribution in [0.15, 0.2) is 22.2 Å². The summed E-state index contributed by atoms with van der Waals surface area (Å²) in [4.78, 5) is 0. The summed E-state index contributed by atoms with van der Waals surface area (Å²) in [6.07, 6.45) is 2.18. The van der Waals surface area contributed by atoms with Crippen LogP contribution in [0.2, 0.25) is 0 Å². The van der Waals surface area contributed by atoms with E-state index >= 15 is 0 Å². The van der Waals surface area contributed by atoms with Crippen molar-refractivity contribution in [2.24, 2.45) is 0 Å². The van der Waals surface area contributed by atoms with Gasteiger partial charge in [-0.15, -0.1) is 6.58 Å². The maximum atomic E-state index is 3.84. The fraction of sp³-hybridized carbons (Fsp3) is 0.556. The first-order valence-electron chi connectivity index (χ1n) is 3.50. The van der Waals surface area contributed by atoms with Crippen LogP contribution in [0.3, 0.4) is 0 Å². The summed E-state index contributed by atoms with van der Waals surface area (Å²) in [5.41, 5.74) is 2.61. The Balaban J connectivity index is 3.71. The van der Waals surface area contributed by atoms with Crippen molar-refractivity contribution in [3.8, 4) is 0 Å². The average Bonchev–Trinajstić information content (AvgIpc) is 1.82. The SMILES string of the molecule is C=C(C)CCC(Br)=C(C)C. The molecule has 0 aliphatic carbocycles. The molecule has 0 aliphatic heterocycles. The van der Waals surface area contributed by atoms with Crippen molar-refractivity contribution in [2.45, 2.75) is 33.6 Å². The first-order valence-corrected chi connectivity index (χ1v) is 4.29. The lowest BCUT2D eigenvalue weighted by Crippen LogP contribution is -1.78. The average molecular weight is 203 g/mol. The Morgan fingerprint density at radius 3 is 2.00 bits per heavy atom. The van der Waals surface area contributed by atoms with Gasteiger partial charge >= 0.3 is 0 Å². The zero-order valence-corrected chi connectivity index (χ0v) is 8.59. The maximum absolute atomic E-state index is 3.84. The van der Waals surface area contributed by atoms with E-state index in [1.54, 1.807) is 0 Å². The minimum absolute atomic E-state index is 1.09. The fourth-order valence-corrected chi connectivity index (χ4v) is 0.771. The van der Waals surface area contributed by atoms with Gasteiger partial charge in [0.25, 0.3) is 0 Å².